The molecule has 4 nitrogen and oxygen atoms in total. The maximum absolute atomic E-state index is 12.8. The normalized spacial score (nSPS) is 10.7. The number of anilines is 1. The van der Waals surface area contributed by atoms with E-state index < -0.39 is 0 Å². The predicted molar refractivity (Wildman–Crippen MR) is 108 cm³/mol. The molecule has 0 aliphatic carbocycles. The highest BCUT2D eigenvalue weighted by Crippen LogP contribution is 2.17. The molecule has 27 heavy (non-hydrogen) atoms. The zero-order valence-corrected chi connectivity index (χ0v) is 15.8. The van der Waals surface area contributed by atoms with Crippen LogP contribution < -0.4 is 10.1 Å². The van der Waals surface area contributed by atoms with E-state index in [1.54, 1.807) is 18.3 Å². The van der Waals surface area contributed by atoms with E-state index >= 15 is 0 Å². The van der Waals surface area contributed by atoms with E-state index in [1.165, 1.54) is 24.3 Å². The van der Waals surface area contributed by atoms with Crippen LogP contribution in [0.4, 0.5) is 15.8 Å². The molecular weight excluding hydrogens is 411 g/mol. The number of rotatable bonds is 6. The van der Waals surface area contributed by atoms with Gasteiger partial charge in [0.2, 0.25) is 0 Å². The number of carbonyl (C=O) groups excluding carboxylic acids is 1. The number of nitrogens with one attached hydrogen (secondary N) is 1. The number of benzene rings is 3. The van der Waals surface area contributed by atoms with Gasteiger partial charge < -0.3 is 10.1 Å². The van der Waals surface area contributed by atoms with Crippen molar-refractivity contribution in [1.29, 1.82) is 0 Å². The number of hydrogen-bond acceptors (Lipinski definition) is 3. The van der Waals surface area contributed by atoms with Gasteiger partial charge in [0.25, 0.3) is 5.91 Å². The lowest BCUT2D eigenvalue weighted by atomic mass is 10.2. The van der Waals surface area contributed by atoms with Gasteiger partial charge in [-0.25, -0.2) is 4.39 Å². The fraction of sp³-hybridized carbons (Fsp3) is 0.0476. The minimum atomic E-state index is -0.354. The first kappa shape index (κ1) is 18.8. The fourth-order valence-electron chi connectivity index (χ4n) is 2.21. The molecule has 0 atom stereocenters. The number of amides is 1. The number of nitrogens with zero attached hydrogens (tertiary/aromatic N) is 1. The molecule has 0 aliphatic heterocycles. The minimum Gasteiger partial charge on any atom is -0.484 e. The van der Waals surface area contributed by atoms with Crippen molar-refractivity contribution in [3.63, 3.8) is 0 Å². The number of ether oxygens (including phenoxy) is 1. The van der Waals surface area contributed by atoms with Crippen LogP contribution in [0.1, 0.15) is 5.56 Å². The Balaban J connectivity index is 1.50. The lowest BCUT2D eigenvalue weighted by molar-refractivity contribution is -0.118. The van der Waals surface area contributed by atoms with E-state index in [1.807, 2.05) is 36.4 Å². The van der Waals surface area contributed by atoms with Crippen LogP contribution in [0.15, 0.2) is 82.3 Å². The van der Waals surface area contributed by atoms with Crippen molar-refractivity contribution in [2.75, 3.05) is 11.9 Å². The maximum Gasteiger partial charge on any atom is 0.262 e. The second kappa shape index (κ2) is 9.09. The van der Waals surface area contributed by atoms with Gasteiger partial charge in [-0.15, -0.1) is 0 Å². The third-order valence-corrected chi connectivity index (χ3v) is 4.10. The molecule has 3 aromatic carbocycles. The van der Waals surface area contributed by atoms with E-state index in [-0.39, 0.29) is 18.3 Å². The standard InChI is InChI=1S/C21H16BrFN2O2/c22-16-3-7-18(8-4-16)24-13-15-1-11-20(12-2-15)27-14-21(26)25-19-9-5-17(23)6-10-19/h1-13H,14H2,(H,25,26). The Labute approximate surface area is 164 Å². The monoisotopic (exact) mass is 426 g/mol. The van der Waals surface area contributed by atoms with E-state index in [9.17, 15) is 9.18 Å². The van der Waals surface area contributed by atoms with Gasteiger partial charge in [0.15, 0.2) is 6.61 Å². The average molecular weight is 427 g/mol. The molecule has 0 spiro atoms. The molecule has 0 aromatic heterocycles. The number of carbonyl (C=O) groups is 1. The molecule has 0 saturated heterocycles. The summed E-state index contributed by atoms with van der Waals surface area (Å²) in [7, 11) is 0. The Kier molecular flexibility index (Phi) is 6.33. The molecule has 0 bridgehead atoms. The van der Waals surface area contributed by atoms with Crippen LogP contribution >= 0.6 is 15.9 Å². The number of halogens is 2. The van der Waals surface area contributed by atoms with E-state index in [0.717, 1.165) is 15.7 Å². The summed E-state index contributed by atoms with van der Waals surface area (Å²) >= 11 is 3.39. The van der Waals surface area contributed by atoms with Crippen molar-refractivity contribution >= 4 is 39.4 Å². The third kappa shape index (κ3) is 6.04. The van der Waals surface area contributed by atoms with Crippen molar-refractivity contribution in [1.82, 2.24) is 0 Å². The summed E-state index contributed by atoms with van der Waals surface area (Å²) < 4.78 is 19.3. The van der Waals surface area contributed by atoms with Crippen molar-refractivity contribution in [2.45, 2.75) is 0 Å². The van der Waals surface area contributed by atoms with Gasteiger partial charge in [0, 0.05) is 16.4 Å². The van der Waals surface area contributed by atoms with E-state index in [0.29, 0.717) is 11.4 Å². The first-order chi connectivity index (χ1) is 13.1. The molecular formula is C21H16BrFN2O2. The summed E-state index contributed by atoms with van der Waals surface area (Å²) in [4.78, 5) is 16.3. The third-order valence-electron chi connectivity index (χ3n) is 3.57. The smallest absolute Gasteiger partial charge is 0.262 e. The van der Waals surface area contributed by atoms with Gasteiger partial charge in [0.1, 0.15) is 11.6 Å². The second-order valence-electron chi connectivity index (χ2n) is 5.65. The summed E-state index contributed by atoms with van der Waals surface area (Å²) in [6.07, 6.45) is 1.76. The molecule has 3 aromatic rings. The van der Waals surface area contributed by atoms with Crippen molar-refractivity contribution in [3.05, 3.63) is 88.6 Å². The zero-order chi connectivity index (χ0) is 19.1. The van der Waals surface area contributed by atoms with Crippen LogP contribution in [0.3, 0.4) is 0 Å². The van der Waals surface area contributed by atoms with Crippen LogP contribution in [-0.2, 0) is 4.79 Å². The summed E-state index contributed by atoms with van der Waals surface area (Å²) in [5.41, 5.74) is 2.29. The molecule has 0 radical (unpaired) electrons. The quantitative estimate of drug-likeness (QED) is 0.539. The molecule has 6 heteroatoms. The largest absolute Gasteiger partial charge is 0.484 e. The highest BCUT2D eigenvalue weighted by Gasteiger charge is 2.04. The molecule has 0 saturated carbocycles. The number of aliphatic imine (C=N–C) groups is 1. The Morgan fingerprint density at radius 1 is 1.00 bits per heavy atom. The maximum atomic E-state index is 12.8. The second-order valence-corrected chi connectivity index (χ2v) is 6.56. The van der Waals surface area contributed by atoms with Crippen LogP contribution in [0.25, 0.3) is 0 Å². The Morgan fingerprint density at radius 2 is 1.67 bits per heavy atom. The lowest BCUT2D eigenvalue weighted by Crippen LogP contribution is -2.20. The summed E-state index contributed by atoms with van der Waals surface area (Å²) in [6, 6.07) is 20.5. The van der Waals surface area contributed by atoms with E-state index in [4.69, 9.17) is 4.74 Å². The zero-order valence-electron chi connectivity index (χ0n) is 14.2. The minimum absolute atomic E-state index is 0.135. The van der Waals surface area contributed by atoms with Crippen LogP contribution in [0.5, 0.6) is 5.75 Å². The van der Waals surface area contributed by atoms with Gasteiger partial charge in [-0.05, 0) is 78.4 Å². The molecule has 0 aliphatic rings. The average Bonchev–Trinajstić information content (AvgIpc) is 2.68. The van der Waals surface area contributed by atoms with Crippen LogP contribution in [0.2, 0.25) is 0 Å². The highest BCUT2D eigenvalue weighted by atomic mass is 79.9. The molecule has 0 unspecified atom stereocenters. The molecule has 1 amide bonds. The lowest BCUT2D eigenvalue weighted by Gasteiger charge is -2.07. The Bertz CT molecular complexity index is 924. The summed E-state index contributed by atoms with van der Waals surface area (Å²) in [6.45, 7) is -0.135. The fourth-order valence-corrected chi connectivity index (χ4v) is 2.47. The van der Waals surface area contributed by atoms with Gasteiger partial charge in [-0.3, -0.25) is 9.79 Å². The summed E-state index contributed by atoms with van der Waals surface area (Å²) in [5, 5.41) is 2.64. The first-order valence-electron chi connectivity index (χ1n) is 8.16. The van der Waals surface area contributed by atoms with Crippen molar-refractivity contribution in [3.8, 4) is 5.75 Å². The predicted octanol–water partition coefficient (Wildman–Crippen LogP) is 5.36. The molecule has 3 rings (SSSR count). The SMILES string of the molecule is O=C(COc1ccc(C=Nc2ccc(Br)cc2)cc1)Nc1ccc(F)cc1. The van der Waals surface area contributed by atoms with Crippen molar-refractivity contribution < 1.29 is 13.9 Å². The Hall–Kier alpha value is -2.99. The van der Waals surface area contributed by atoms with E-state index in [2.05, 4.69) is 26.2 Å². The molecule has 0 fully saturated rings. The van der Waals surface area contributed by atoms with Gasteiger partial charge in [-0.1, -0.05) is 15.9 Å². The Morgan fingerprint density at radius 3 is 2.33 bits per heavy atom. The molecule has 0 heterocycles. The van der Waals surface area contributed by atoms with Crippen LogP contribution in [-0.4, -0.2) is 18.7 Å². The summed E-state index contributed by atoms with van der Waals surface area (Å²) in [5.74, 6) is -0.0967. The topological polar surface area (TPSA) is 50.7 Å². The first-order valence-corrected chi connectivity index (χ1v) is 8.96. The van der Waals surface area contributed by atoms with Crippen LogP contribution in [0, 0.1) is 5.82 Å². The molecule has 136 valence electrons. The van der Waals surface area contributed by atoms with Crippen molar-refractivity contribution in [2.24, 2.45) is 4.99 Å². The van der Waals surface area contributed by atoms with Gasteiger partial charge in [-0.2, -0.15) is 0 Å². The molecule has 1 N–H and O–H groups in total. The van der Waals surface area contributed by atoms with Gasteiger partial charge in [0.05, 0.1) is 5.69 Å². The number of hydrogen-bond donors (Lipinski definition) is 1. The van der Waals surface area contributed by atoms with Gasteiger partial charge >= 0.3 is 0 Å². The highest BCUT2D eigenvalue weighted by molar-refractivity contribution is 9.10.